The molecule has 0 amide bonds. The molecule has 2 heteroatoms. The third kappa shape index (κ3) is 1.41. The number of hydrogen-bond donors (Lipinski definition) is 0. The van der Waals surface area contributed by atoms with E-state index in [1.807, 2.05) is 31.1 Å². The van der Waals surface area contributed by atoms with Gasteiger partial charge in [0.1, 0.15) is 0 Å². The molecule has 10 heavy (non-hydrogen) atoms. The van der Waals surface area contributed by atoms with Crippen molar-refractivity contribution in [2.24, 2.45) is 0 Å². The summed E-state index contributed by atoms with van der Waals surface area (Å²) in [5.41, 5.74) is 1.06. The number of benzene rings is 1. The standard InChI is InChI=1S/C8H11NO/c1-9(2)7-3-5-8(10)6-4-7/h3-6,10H,1-2H3/p-1. The molecule has 0 saturated carbocycles. The lowest BCUT2D eigenvalue weighted by molar-refractivity contribution is -0.268. The van der Waals surface area contributed by atoms with Crippen molar-refractivity contribution in [1.82, 2.24) is 0 Å². The predicted octanol–water partition coefficient (Wildman–Crippen LogP) is 0.826. The Labute approximate surface area is 60.7 Å². The molecule has 0 spiro atoms. The van der Waals surface area contributed by atoms with Gasteiger partial charge in [-0.15, -0.1) is 5.75 Å². The normalized spacial score (nSPS) is 9.40. The van der Waals surface area contributed by atoms with E-state index < -0.39 is 0 Å². The zero-order valence-corrected chi connectivity index (χ0v) is 6.16. The van der Waals surface area contributed by atoms with Crippen molar-refractivity contribution in [2.75, 3.05) is 19.0 Å². The second kappa shape index (κ2) is 2.60. The van der Waals surface area contributed by atoms with Crippen LogP contribution < -0.4 is 10.0 Å². The molecule has 0 radical (unpaired) electrons. The Morgan fingerprint density at radius 1 is 1.10 bits per heavy atom. The van der Waals surface area contributed by atoms with Crippen LogP contribution in [0.5, 0.6) is 5.75 Å². The smallest absolute Gasteiger partial charge is 0.0360 e. The Balaban J connectivity index is 2.89. The fourth-order valence-electron chi connectivity index (χ4n) is 0.744. The first-order valence-electron chi connectivity index (χ1n) is 3.14. The maximum Gasteiger partial charge on any atom is 0.0360 e. The van der Waals surface area contributed by atoms with Gasteiger partial charge in [0.15, 0.2) is 0 Å². The summed E-state index contributed by atoms with van der Waals surface area (Å²) < 4.78 is 0. The van der Waals surface area contributed by atoms with E-state index in [-0.39, 0.29) is 5.75 Å². The van der Waals surface area contributed by atoms with E-state index in [9.17, 15) is 5.11 Å². The Morgan fingerprint density at radius 3 is 2.00 bits per heavy atom. The van der Waals surface area contributed by atoms with Gasteiger partial charge in [0, 0.05) is 19.8 Å². The highest BCUT2D eigenvalue weighted by Crippen LogP contribution is 2.13. The van der Waals surface area contributed by atoms with Crippen LogP contribution in [0.4, 0.5) is 5.69 Å². The van der Waals surface area contributed by atoms with E-state index in [2.05, 4.69) is 0 Å². The second-order valence-electron chi connectivity index (χ2n) is 2.39. The van der Waals surface area contributed by atoms with Crippen LogP contribution >= 0.6 is 0 Å². The van der Waals surface area contributed by atoms with Crippen LogP contribution in [0.2, 0.25) is 0 Å². The monoisotopic (exact) mass is 136 g/mol. The molecule has 0 saturated heterocycles. The van der Waals surface area contributed by atoms with Crippen molar-refractivity contribution in [3.8, 4) is 5.75 Å². The molecule has 0 aliphatic heterocycles. The summed E-state index contributed by atoms with van der Waals surface area (Å²) in [4.78, 5) is 1.96. The van der Waals surface area contributed by atoms with Gasteiger partial charge in [-0.3, -0.25) is 0 Å². The van der Waals surface area contributed by atoms with Crippen LogP contribution in [0.1, 0.15) is 0 Å². The summed E-state index contributed by atoms with van der Waals surface area (Å²) in [5, 5.41) is 10.6. The summed E-state index contributed by atoms with van der Waals surface area (Å²) in [5.74, 6) is 0.0607. The molecule has 54 valence electrons. The average Bonchev–Trinajstić information content (AvgIpc) is 1.88. The van der Waals surface area contributed by atoms with Gasteiger partial charge < -0.3 is 10.0 Å². The molecule has 0 bridgehead atoms. The molecular formula is C8H10NO-. The molecule has 0 heterocycles. The molecular weight excluding hydrogens is 126 g/mol. The summed E-state index contributed by atoms with van der Waals surface area (Å²) in [7, 11) is 3.89. The van der Waals surface area contributed by atoms with Gasteiger partial charge in [-0.2, -0.15) is 0 Å². The van der Waals surface area contributed by atoms with Gasteiger partial charge in [-0.25, -0.2) is 0 Å². The first-order valence-corrected chi connectivity index (χ1v) is 3.14. The number of anilines is 1. The SMILES string of the molecule is CN(C)c1ccc([O-])cc1. The fourth-order valence-corrected chi connectivity index (χ4v) is 0.744. The molecule has 1 aromatic carbocycles. The highest BCUT2D eigenvalue weighted by Gasteiger charge is 1.89. The number of rotatable bonds is 1. The van der Waals surface area contributed by atoms with Gasteiger partial charge >= 0.3 is 0 Å². The van der Waals surface area contributed by atoms with E-state index >= 15 is 0 Å². The second-order valence-corrected chi connectivity index (χ2v) is 2.39. The van der Waals surface area contributed by atoms with Crippen molar-refractivity contribution in [3.63, 3.8) is 0 Å². The van der Waals surface area contributed by atoms with E-state index in [1.54, 1.807) is 12.1 Å². The minimum Gasteiger partial charge on any atom is -0.872 e. The maximum atomic E-state index is 10.6. The predicted molar refractivity (Wildman–Crippen MR) is 40.2 cm³/mol. The Hall–Kier alpha value is -1.18. The summed E-state index contributed by atoms with van der Waals surface area (Å²) in [6.45, 7) is 0. The van der Waals surface area contributed by atoms with Crippen LogP contribution in [0.25, 0.3) is 0 Å². The quantitative estimate of drug-likeness (QED) is 0.571. The van der Waals surface area contributed by atoms with Crippen molar-refractivity contribution >= 4 is 5.69 Å². The van der Waals surface area contributed by atoms with E-state index in [0.717, 1.165) is 5.69 Å². The number of nitrogens with zero attached hydrogens (tertiary/aromatic N) is 1. The lowest BCUT2D eigenvalue weighted by Crippen LogP contribution is -2.08. The molecule has 0 atom stereocenters. The summed E-state index contributed by atoms with van der Waals surface area (Å²) in [6.07, 6.45) is 0. The van der Waals surface area contributed by atoms with E-state index in [0.29, 0.717) is 0 Å². The lowest BCUT2D eigenvalue weighted by atomic mass is 10.3. The number of hydrogen-bond acceptors (Lipinski definition) is 2. The molecule has 1 aromatic rings. The van der Waals surface area contributed by atoms with Gasteiger partial charge in [-0.05, 0) is 12.1 Å². The van der Waals surface area contributed by atoms with Crippen LogP contribution in [-0.4, -0.2) is 14.1 Å². The van der Waals surface area contributed by atoms with Crippen LogP contribution in [-0.2, 0) is 0 Å². The van der Waals surface area contributed by atoms with Gasteiger partial charge in [-0.1, -0.05) is 12.1 Å². The van der Waals surface area contributed by atoms with Crippen molar-refractivity contribution in [1.29, 1.82) is 0 Å². The lowest BCUT2D eigenvalue weighted by Gasteiger charge is -2.13. The Morgan fingerprint density at radius 2 is 1.60 bits per heavy atom. The first-order chi connectivity index (χ1) is 4.70. The minimum absolute atomic E-state index is 0.0607. The molecule has 0 aromatic heterocycles. The Bertz CT molecular complexity index is 203. The molecule has 0 unspecified atom stereocenters. The fraction of sp³-hybridized carbons (Fsp3) is 0.250. The van der Waals surface area contributed by atoms with Crippen LogP contribution in [0, 0.1) is 0 Å². The summed E-state index contributed by atoms with van der Waals surface area (Å²) in [6, 6.07) is 6.75. The van der Waals surface area contributed by atoms with Crippen LogP contribution in [0.15, 0.2) is 24.3 Å². The van der Waals surface area contributed by atoms with E-state index in [1.165, 1.54) is 0 Å². The van der Waals surface area contributed by atoms with Gasteiger partial charge in [0.25, 0.3) is 0 Å². The molecule has 0 N–H and O–H groups in total. The molecule has 2 nitrogen and oxygen atoms in total. The first kappa shape index (κ1) is 6.93. The van der Waals surface area contributed by atoms with Gasteiger partial charge in [0.05, 0.1) is 0 Å². The Kier molecular flexibility index (Phi) is 1.81. The highest BCUT2D eigenvalue weighted by molar-refractivity contribution is 5.46. The van der Waals surface area contributed by atoms with E-state index in [4.69, 9.17) is 0 Å². The van der Waals surface area contributed by atoms with Crippen molar-refractivity contribution in [2.45, 2.75) is 0 Å². The summed E-state index contributed by atoms with van der Waals surface area (Å²) >= 11 is 0. The minimum atomic E-state index is 0.0607. The molecule has 1 rings (SSSR count). The van der Waals surface area contributed by atoms with Crippen molar-refractivity contribution in [3.05, 3.63) is 24.3 Å². The molecule has 0 aliphatic carbocycles. The van der Waals surface area contributed by atoms with Crippen LogP contribution in [0.3, 0.4) is 0 Å². The zero-order valence-electron chi connectivity index (χ0n) is 6.16. The van der Waals surface area contributed by atoms with Crippen molar-refractivity contribution < 1.29 is 5.11 Å². The maximum absolute atomic E-state index is 10.6. The largest absolute Gasteiger partial charge is 0.872 e. The van der Waals surface area contributed by atoms with Gasteiger partial charge in [0.2, 0.25) is 0 Å². The third-order valence-corrected chi connectivity index (χ3v) is 1.35. The average molecular weight is 136 g/mol. The molecule has 0 fully saturated rings. The third-order valence-electron chi connectivity index (χ3n) is 1.35. The zero-order chi connectivity index (χ0) is 7.56. The topological polar surface area (TPSA) is 26.3 Å². The molecule has 0 aliphatic rings. The highest BCUT2D eigenvalue weighted by atomic mass is 16.3.